The molecule has 5 rings (SSSR count). The summed E-state index contributed by atoms with van der Waals surface area (Å²) in [5, 5.41) is 14.1. The molecule has 1 saturated heterocycles. The Kier molecular flexibility index (Phi) is 3.81. The molecule has 140 valence electrons. The molecule has 1 saturated carbocycles. The summed E-state index contributed by atoms with van der Waals surface area (Å²) in [5.74, 6) is 2.10. The first-order chi connectivity index (χ1) is 13.2. The molecule has 2 aliphatic carbocycles. The van der Waals surface area contributed by atoms with E-state index in [0.717, 1.165) is 69.7 Å². The molecule has 0 bridgehead atoms. The zero-order valence-electron chi connectivity index (χ0n) is 15.7. The molecule has 0 atom stereocenters. The number of nitriles is 1. The highest BCUT2D eigenvalue weighted by atomic mass is 16.2. The van der Waals surface area contributed by atoms with Gasteiger partial charge in [0.15, 0.2) is 0 Å². The summed E-state index contributed by atoms with van der Waals surface area (Å²) >= 11 is 0. The lowest BCUT2D eigenvalue weighted by Crippen LogP contribution is -2.35. The van der Waals surface area contributed by atoms with Gasteiger partial charge in [-0.3, -0.25) is 4.57 Å². The topological polar surface area (TPSA) is 79.7 Å². The third-order valence-corrected chi connectivity index (χ3v) is 6.21. The number of hydrogen-bond acceptors (Lipinski definition) is 5. The van der Waals surface area contributed by atoms with E-state index in [1.54, 1.807) is 7.05 Å². The van der Waals surface area contributed by atoms with Crippen molar-refractivity contribution < 1.29 is 0 Å². The molecule has 0 amide bonds. The van der Waals surface area contributed by atoms with Gasteiger partial charge in [0, 0.05) is 37.8 Å². The molecular formula is C20H24N6O. The van der Waals surface area contributed by atoms with Gasteiger partial charge in [0.05, 0.1) is 5.56 Å². The Balaban J connectivity index is 1.38. The van der Waals surface area contributed by atoms with Crippen molar-refractivity contribution >= 4 is 5.82 Å². The maximum absolute atomic E-state index is 12.4. The molecule has 27 heavy (non-hydrogen) atoms. The Morgan fingerprint density at radius 2 is 1.96 bits per heavy atom. The Morgan fingerprint density at radius 1 is 1.19 bits per heavy atom. The molecule has 0 spiro atoms. The van der Waals surface area contributed by atoms with E-state index in [4.69, 9.17) is 4.98 Å². The van der Waals surface area contributed by atoms with Crippen molar-refractivity contribution in [3.8, 4) is 6.07 Å². The number of hydrogen-bond donors (Lipinski definition) is 0. The van der Waals surface area contributed by atoms with Gasteiger partial charge in [-0.15, -0.1) is 0 Å². The van der Waals surface area contributed by atoms with Crippen LogP contribution in [-0.2, 0) is 19.9 Å². The van der Waals surface area contributed by atoms with Gasteiger partial charge in [0.25, 0.3) is 0 Å². The first-order valence-corrected chi connectivity index (χ1v) is 9.99. The molecule has 2 aromatic rings. The lowest BCUT2D eigenvalue weighted by Gasteiger charge is -2.33. The second-order valence-electron chi connectivity index (χ2n) is 8.06. The van der Waals surface area contributed by atoms with Gasteiger partial charge in [-0.25, -0.2) is 14.5 Å². The predicted octanol–water partition coefficient (Wildman–Crippen LogP) is 2.06. The second-order valence-corrected chi connectivity index (χ2v) is 8.06. The van der Waals surface area contributed by atoms with E-state index in [0.29, 0.717) is 17.5 Å². The molecule has 3 aliphatic rings. The number of rotatable bonds is 3. The van der Waals surface area contributed by atoms with Crippen molar-refractivity contribution in [1.82, 2.24) is 19.3 Å². The van der Waals surface area contributed by atoms with E-state index < -0.39 is 0 Å². The van der Waals surface area contributed by atoms with Crippen molar-refractivity contribution in [3.05, 3.63) is 39.2 Å². The van der Waals surface area contributed by atoms with Crippen LogP contribution in [0.15, 0.2) is 10.9 Å². The van der Waals surface area contributed by atoms with Crippen molar-refractivity contribution in [1.29, 1.82) is 5.26 Å². The number of pyridine rings is 1. The number of aryl methyl sites for hydroxylation is 3. The van der Waals surface area contributed by atoms with E-state index in [2.05, 4.69) is 16.1 Å². The minimum Gasteiger partial charge on any atom is -0.355 e. The fraction of sp³-hybridized carbons (Fsp3) is 0.600. The second kappa shape index (κ2) is 6.22. The van der Waals surface area contributed by atoms with E-state index in [9.17, 15) is 10.1 Å². The summed E-state index contributed by atoms with van der Waals surface area (Å²) in [6.07, 6.45) is 7.24. The summed E-state index contributed by atoms with van der Waals surface area (Å²) in [7, 11) is 1.74. The highest BCUT2D eigenvalue weighted by molar-refractivity contribution is 5.57. The standard InChI is InChI=1S/C20H24N6O/c1-24-20(27)26(16-5-6-16)19(23-24)13-7-9-25(10-8-13)18-15(12-21)11-14-3-2-4-17(14)22-18/h11,13,16H,2-10H2,1H3. The largest absolute Gasteiger partial charge is 0.355 e. The number of aromatic nitrogens is 4. The molecule has 7 nitrogen and oxygen atoms in total. The van der Waals surface area contributed by atoms with Crippen LogP contribution in [0, 0.1) is 11.3 Å². The Morgan fingerprint density at radius 3 is 2.67 bits per heavy atom. The molecule has 2 fully saturated rings. The van der Waals surface area contributed by atoms with Gasteiger partial charge in [-0.1, -0.05) is 0 Å². The molecule has 0 aromatic carbocycles. The van der Waals surface area contributed by atoms with Crippen LogP contribution in [0.25, 0.3) is 0 Å². The van der Waals surface area contributed by atoms with Crippen LogP contribution in [0.1, 0.15) is 66.7 Å². The quantitative estimate of drug-likeness (QED) is 0.833. The molecular weight excluding hydrogens is 340 g/mol. The monoisotopic (exact) mass is 364 g/mol. The fourth-order valence-electron chi connectivity index (χ4n) is 4.59. The van der Waals surface area contributed by atoms with Gasteiger partial charge in [-0.2, -0.15) is 10.4 Å². The van der Waals surface area contributed by atoms with Crippen LogP contribution in [-0.4, -0.2) is 32.4 Å². The summed E-state index contributed by atoms with van der Waals surface area (Å²) in [4.78, 5) is 19.5. The number of nitrogens with zero attached hydrogens (tertiary/aromatic N) is 6. The highest BCUT2D eigenvalue weighted by Gasteiger charge is 2.34. The third-order valence-electron chi connectivity index (χ3n) is 6.21. The summed E-state index contributed by atoms with van der Waals surface area (Å²) in [5.41, 5.74) is 3.12. The zero-order chi connectivity index (χ0) is 18.5. The highest BCUT2D eigenvalue weighted by Crippen LogP contribution is 2.38. The number of fused-ring (bicyclic) bond motifs is 1. The van der Waals surface area contributed by atoms with Crippen LogP contribution < -0.4 is 10.6 Å². The van der Waals surface area contributed by atoms with Crippen LogP contribution >= 0.6 is 0 Å². The van der Waals surface area contributed by atoms with Crippen molar-refractivity contribution in [2.75, 3.05) is 18.0 Å². The molecule has 7 heteroatoms. The zero-order valence-corrected chi connectivity index (χ0v) is 15.7. The van der Waals surface area contributed by atoms with Crippen LogP contribution in [0.3, 0.4) is 0 Å². The first-order valence-electron chi connectivity index (χ1n) is 9.99. The molecule has 1 aliphatic heterocycles. The molecule has 0 N–H and O–H groups in total. The fourth-order valence-corrected chi connectivity index (χ4v) is 4.59. The Labute approximate surface area is 158 Å². The first kappa shape index (κ1) is 16.5. The maximum Gasteiger partial charge on any atom is 0.345 e. The minimum absolute atomic E-state index is 0.0157. The van der Waals surface area contributed by atoms with Gasteiger partial charge in [-0.05, 0) is 56.6 Å². The number of piperidine rings is 1. The van der Waals surface area contributed by atoms with Crippen molar-refractivity contribution in [2.24, 2.45) is 7.05 Å². The molecule has 3 heterocycles. The van der Waals surface area contributed by atoms with E-state index in [-0.39, 0.29) is 5.69 Å². The smallest absolute Gasteiger partial charge is 0.345 e. The minimum atomic E-state index is 0.0157. The normalized spacial score (nSPS) is 19.9. The van der Waals surface area contributed by atoms with Crippen LogP contribution in [0.2, 0.25) is 0 Å². The molecule has 0 unspecified atom stereocenters. The van der Waals surface area contributed by atoms with E-state index >= 15 is 0 Å². The van der Waals surface area contributed by atoms with Gasteiger partial charge in [0.2, 0.25) is 0 Å². The third kappa shape index (κ3) is 2.75. The number of anilines is 1. The van der Waals surface area contributed by atoms with Crippen molar-refractivity contribution in [2.45, 2.75) is 56.9 Å². The van der Waals surface area contributed by atoms with Gasteiger partial charge >= 0.3 is 5.69 Å². The average molecular weight is 364 g/mol. The van der Waals surface area contributed by atoms with Crippen LogP contribution in [0.5, 0.6) is 0 Å². The predicted molar refractivity (Wildman–Crippen MR) is 101 cm³/mol. The summed E-state index contributed by atoms with van der Waals surface area (Å²) < 4.78 is 3.41. The SMILES string of the molecule is Cn1nc(C2CCN(c3nc4c(cc3C#N)CCC4)CC2)n(C2CC2)c1=O. The van der Waals surface area contributed by atoms with Crippen LogP contribution in [0.4, 0.5) is 5.82 Å². The molecule has 2 aromatic heterocycles. The Hall–Kier alpha value is -2.62. The lowest BCUT2D eigenvalue weighted by atomic mass is 9.95. The van der Waals surface area contributed by atoms with Gasteiger partial charge < -0.3 is 4.90 Å². The summed E-state index contributed by atoms with van der Waals surface area (Å²) in [6, 6.07) is 4.74. The maximum atomic E-state index is 12.4. The van der Waals surface area contributed by atoms with E-state index in [1.807, 2.05) is 10.6 Å². The average Bonchev–Trinajstić information content (AvgIpc) is 3.34. The lowest BCUT2D eigenvalue weighted by molar-refractivity contribution is 0.460. The van der Waals surface area contributed by atoms with Crippen molar-refractivity contribution in [3.63, 3.8) is 0 Å². The van der Waals surface area contributed by atoms with Gasteiger partial charge in [0.1, 0.15) is 17.7 Å². The molecule has 0 radical (unpaired) electrons. The van der Waals surface area contributed by atoms with E-state index in [1.165, 1.54) is 15.9 Å². The summed E-state index contributed by atoms with van der Waals surface area (Å²) in [6.45, 7) is 1.70. The Bertz CT molecular complexity index is 985.